The highest BCUT2D eigenvalue weighted by molar-refractivity contribution is 7.89. The minimum Gasteiger partial charge on any atom is -0.207 e. The van der Waals surface area contributed by atoms with Crippen molar-refractivity contribution in [1.29, 1.82) is 0 Å². The first-order chi connectivity index (χ1) is 12.3. The Kier molecular flexibility index (Phi) is 7.01. The van der Waals surface area contributed by atoms with Crippen LogP contribution in [0.1, 0.15) is 82.0 Å². The number of hydrogen-bond acceptors (Lipinski definition) is 2. The molecule has 0 aliphatic rings. The molecular formula is C22H31NO2S. The first kappa shape index (κ1) is 20.7. The van der Waals surface area contributed by atoms with Crippen LogP contribution in [0.5, 0.6) is 0 Å². The third-order valence-electron chi connectivity index (χ3n) is 5.08. The molecule has 0 aliphatic carbocycles. The molecule has 2 atom stereocenters. The molecule has 26 heavy (non-hydrogen) atoms. The van der Waals surface area contributed by atoms with Gasteiger partial charge in [-0.15, -0.1) is 0 Å². The highest BCUT2D eigenvalue weighted by atomic mass is 32.2. The lowest BCUT2D eigenvalue weighted by molar-refractivity contribution is 0.550. The van der Waals surface area contributed by atoms with Gasteiger partial charge in [0.05, 0.1) is 4.90 Å². The van der Waals surface area contributed by atoms with Crippen LogP contribution in [-0.2, 0) is 10.0 Å². The molecule has 4 heteroatoms. The number of rotatable bonds is 8. The van der Waals surface area contributed by atoms with Gasteiger partial charge in [-0.2, -0.15) is 0 Å². The maximum Gasteiger partial charge on any atom is 0.241 e. The first-order valence-corrected chi connectivity index (χ1v) is 11.0. The Morgan fingerprint density at radius 2 is 1.27 bits per heavy atom. The van der Waals surface area contributed by atoms with E-state index in [1.807, 2.05) is 31.2 Å². The minimum atomic E-state index is -3.54. The molecule has 2 unspecified atom stereocenters. The predicted molar refractivity (Wildman–Crippen MR) is 109 cm³/mol. The Balaban J connectivity index is 2.20. The third kappa shape index (κ3) is 4.95. The second kappa shape index (κ2) is 8.83. The normalized spacial score (nSPS) is 14.4. The van der Waals surface area contributed by atoms with Crippen LogP contribution in [0, 0.1) is 0 Å². The molecule has 0 saturated carbocycles. The fraction of sp³-hybridized carbons (Fsp3) is 0.455. The van der Waals surface area contributed by atoms with Crippen molar-refractivity contribution in [3.63, 3.8) is 0 Å². The molecule has 0 heterocycles. The summed E-state index contributed by atoms with van der Waals surface area (Å²) in [5, 5.41) is 0. The Hall–Kier alpha value is -1.65. The molecule has 0 saturated heterocycles. The maximum absolute atomic E-state index is 12.8. The standard InChI is InChI=1S/C22H31NO2S/c1-6-17(5)19-8-10-20(11-9-19)22(7-2)23-26(24,25)21-14-12-18(13-15-21)16(3)4/h8-17,22-23H,6-7H2,1-5H3. The highest BCUT2D eigenvalue weighted by Gasteiger charge is 2.20. The molecule has 0 amide bonds. The van der Waals surface area contributed by atoms with Gasteiger partial charge in [-0.05, 0) is 53.5 Å². The van der Waals surface area contributed by atoms with Gasteiger partial charge >= 0.3 is 0 Å². The van der Waals surface area contributed by atoms with E-state index in [0.717, 1.165) is 17.5 Å². The molecule has 2 aromatic rings. The summed E-state index contributed by atoms with van der Waals surface area (Å²) in [5.74, 6) is 0.896. The Labute approximate surface area is 158 Å². The number of nitrogens with one attached hydrogen (secondary N) is 1. The van der Waals surface area contributed by atoms with Gasteiger partial charge in [-0.25, -0.2) is 13.1 Å². The van der Waals surface area contributed by atoms with Crippen LogP contribution in [0.25, 0.3) is 0 Å². The molecule has 0 radical (unpaired) electrons. The van der Waals surface area contributed by atoms with Crippen LogP contribution in [-0.4, -0.2) is 8.42 Å². The average molecular weight is 374 g/mol. The van der Waals surface area contributed by atoms with E-state index in [0.29, 0.717) is 23.2 Å². The molecule has 1 N–H and O–H groups in total. The van der Waals surface area contributed by atoms with E-state index < -0.39 is 10.0 Å². The lowest BCUT2D eigenvalue weighted by Crippen LogP contribution is -2.28. The van der Waals surface area contributed by atoms with Crippen LogP contribution in [0.15, 0.2) is 53.4 Å². The van der Waals surface area contributed by atoms with Crippen molar-refractivity contribution >= 4 is 10.0 Å². The summed E-state index contributed by atoms with van der Waals surface area (Å²) in [5.41, 5.74) is 3.43. The van der Waals surface area contributed by atoms with E-state index in [-0.39, 0.29) is 6.04 Å². The average Bonchev–Trinajstić information content (AvgIpc) is 2.65. The lowest BCUT2D eigenvalue weighted by Gasteiger charge is -2.19. The van der Waals surface area contributed by atoms with E-state index >= 15 is 0 Å². The van der Waals surface area contributed by atoms with Crippen LogP contribution in [0.2, 0.25) is 0 Å². The summed E-state index contributed by atoms with van der Waals surface area (Å²) >= 11 is 0. The van der Waals surface area contributed by atoms with Crippen molar-refractivity contribution in [2.45, 2.75) is 70.2 Å². The topological polar surface area (TPSA) is 46.2 Å². The smallest absolute Gasteiger partial charge is 0.207 e. The lowest BCUT2D eigenvalue weighted by atomic mass is 9.96. The second-order valence-electron chi connectivity index (χ2n) is 7.28. The molecule has 142 valence electrons. The zero-order valence-electron chi connectivity index (χ0n) is 16.5. The van der Waals surface area contributed by atoms with Crippen molar-refractivity contribution in [1.82, 2.24) is 4.72 Å². The quantitative estimate of drug-likeness (QED) is 0.640. The van der Waals surface area contributed by atoms with E-state index in [2.05, 4.69) is 44.5 Å². The van der Waals surface area contributed by atoms with E-state index in [9.17, 15) is 8.42 Å². The first-order valence-electron chi connectivity index (χ1n) is 9.50. The molecule has 0 spiro atoms. The van der Waals surface area contributed by atoms with Gasteiger partial charge in [-0.1, -0.05) is 71.0 Å². The molecule has 3 nitrogen and oxygen atoms in total. The second-order valence-corrected chi connectivity index (χ2v) is 9.00. The fourth-order valence-electron chi connectivity index (χ4n) is 2.97. The van der Waals surface area contributed by atoms with Crippen LogP contribution < -0.4 is 4.72 Å². The fourth-order valence-corrected chi connectivity index (χ4v) is 4.27. The molecule has 2 rings (SSSR count). The number of benzene rings is 2. The van der Waals surface area contributed by atoms with E-state index in [1.165, 1.54) is 5.56 Å². The summed E-state index contributed by atoms with van der Waals surface area (Å²) in [7, 11) is -3.54. The van der Waals surface area contributed by atoms with Crippen LogP contribution >= 0.6 is 0 Å². The molecule has 0 aromatic heterocycles. The Morgan fingerprint density at radius 1 is 0.769 bits per heavy atom. The van der Waals surface area contributed by atoms with Gasteiger partial charge in [0.2, 0.25) is 10.0 Å². The summed E-state index contributed by atoms with van der Waals surface area (Å²) < 4.78 is 28.4. The largest absolute Gasteiger partial charge is 0.241 e. The number of sulfonamides is 1. The van der Waals surface area contributed by atoms with Crippen molar-refractivity contribution in [3.05, 3.63) is 65.2 Å². The van der Waals surface area contributed by atoms with Gasteiger partial charge < -0.3 is 0 Å². The van der Waals surface area contributed by atoms with Gasteiger partial charge in [0, 0.05) is 6.04 Å². The van der Waals surface area contributed by atoms with Crippen molar-refractivity contribution in [2.75, 3.05) is 0 Å². The zero-order chi connectivity index (χ0) is 19.3. The van der Waals surface area contributed by atoms with Crippen molar-refractivity contribution in [2.24, 2.45) is 0 Å². The SMILES string of the molecule is CCC(C)c1ccc(C(CC)NS(=O)(=O)c2ccc(C(C)C)cc2)cc1. The summed E-state index contributed by atoms with van der Waals surface area (Å²) in [6.07, 6.45) is 1.79. The predicted octanol–water partition coefficient (Wildman–Crippen LogP) is 5.75. The molecule has 0 bridgehead atoms. The Bertz CT molecular complexity index is 793. The maximum atomic E-state index is 12.8. The van der Waals surface area contributed by atoms with Gasteiger partial charge in [-0.3, -0.25) is 0 Å². The van der Waals surface area contributed by atoms with E-state index in [1.54, 1.807) is 12.1 Å². The summed E-state index contributed by atoms with van der Waals surface area (Å²) in [4.78, 5) is 0.316. The molecule has 2 aromatic carbocycles. The molecular weight excluding hydrogens is 342 g/mol. The molecule has 0 aliphatic heterocycles. The highest BCUT2D eigenvalue weighted by Crippen LogP contribution is 2.25. The molecule has 0 fully saturated rings. The Morgan fingerprint density at radius 3 is 1.73 bits per heavy atom. The monoisotopic (exact) mass is 373 g/mol. The van der Waals surface area contributed by atoms with Gasteiger partial charge in [0.15, 0.2) is 0 Å². The van der Waals surface area contributed by atoms with Crippen LogP contribution in [0.4, 0.5) is 0 Å². The van der Waals surface area contributed by atoms with Gasteiger partial charge in [0.25, 0.3) is 0 Å². The minimum absolute atomic E-state index is 0.226. The van der Waals surface area contributed by atoms with Crippen LogP contribution in [0.3, 0.4) is 0 Å². The van der Waals surface area contributed by atoms with E-state index in [4.69, 9.17) is 0 Å². The summed E-state index contributed by atoms with van der Waals surface area (Å²) in [6, 6.07) is 15.2. The zero-order valence-corrected chi connectivity index (χ0v) is 17.3. The third-order valence-corrected chi connectivity index (χ3v) is 6.57. The van der Waals surface area contributed by atoms with Crippen molar-refractivity contribution < 1.29 is 8.42 Å². The van der Waals surface area contributed by atoms with Gasteiger partial charge in [0.1, 0.15) is 0 Å². The number of hydrogen-bond donors (Lipinski definition) is 1. The summed E-state index contributed by atoms with van der Waals surface area (Å²) in [6.45, 7) is 10.6. The van der Waals surface area contributed by atoms with Crippen molar-refractivity contribution in [3.8, 4) is 0 Å².